The standard InChI is InChI=1S/C43H52FN5O9/c1-13-14-33(50)47-25(2)23-55-35-34(45-24-46-36(35)49(39(53)57-42(7,8)9)40(54)58-43(10,11)12)31-21-30(44)22-32(26(31)3)48(38(52)56-41(4,5)6)37(51)29-19-17-28(18-20-29)27-15-16-27/h17-22,24-25,27H,15-16,23H2,1-12H3,(H,47,50)/t25-/m0/s1. The molecule has 310 valence electrons. The molecule has 0 unspecified atom stereocenters. The van der Waals surface area contributed by atoms with Gasteiger partial charge in [-0.25, -0.2) is 33.6 Å². The molecule has 14 nitrogen and oxygen atoms in total. The Morgan fingerprint density at radius 2 is 1.38 bits per heavy atom. The largest absolute Gasteiger partial charge is 0.485 e. The zero-order chi connectivity index (χ0) is 43.3. The first kappa shape index (κ1) is 44.7. The molecule has 1 aliphatic rings. The van der Waals surface area contributed by atoms with Gasteiger partial charge in [0.05, 0.1) is 11.7 Å². The third kappa shape index (κ3) is 12.0. The molecule has 1 atom stereocenters. The zero-order valence-corrected chi connectivity index (χ0v) is 35.2. The lowest BCUT2D eigenvalue weighted by atomic mass is 10.0. The first-order valence-corrected chi connectivity index (χ1v) is 18.8. The second-order valence-corrected chi connectivity index (χ2v) is 16.8. The average molecular weight is 802 g/mol. The van der Waals surface area contributed by atoms with Gasteiger partial charge in [0.25, 0.3) is 11.8 Å². The number of aromatic nitrogens is 2. The highest BCUT2D eigenvalue weighted by molar-refractivity contribution is 6.20. The van der Waals surface area contributed by atoms with E-state index in [1.807, 2.05) is 12.1 Å². The minimum Gasteiger partial charge on any atom is -0.485 e. The van der Waals surface area contributed by atoms with Crippen molar-refractivity contribution in [3.8, 4) is 28.8 Å². The molecule has 1 N–H and O–H groups in total. The molecule has 0 spiro atoms. The fourth-order valence-corrected chi connectivity index (χ4v) is 5.52. The third-order valence-electron chi connectivity index (χ3n) is 8.07. The van der Waals surface area contributed by atoms with Crippen molar-refractivity contribution in [1.29, 1.82) is 0 Å². The van der Waals surface area contributed by atoms with Crippen molar-refractivity contribution in [2.45, 2.75) is 125 Å². The number of halogens is 1. The van der Waals surface area contributed by atoms with E-state index < -0.39 is 64.6 Å². The van der Waals surface area contributed by atoms with Crippen LogP contribution in [-0.4, -0.2) is 69.5 Å². The number of carbonyl (C=O) groups is 5. The van der Waals surface area contributed by atoms with E-state index in [2.05, 4.69) is 27.1 Å². The molecule has 0 bridgehead atoms. The van der Waals surface area contributed by atoms with Crippen molar-refractivity contribution in [3.05, 3.63) is 65.2 Å². The van der Waals surface area contributed by atoms with Crippen LogP contribution in [0.4, 0.5) is 30.3 Å². The van der Waals surface area contributed by atoms with Crippen molar-refractivity contribution in [2.75, 3.05) is 16.4 Å². The number of imide groups is 2. The number of hydrogen-bond acceptors (Lipinski definition) is 11. The van der Waals surface area contributed by atoms with E-state index in [1.165, 1.54) is 13.8 Å². The minimum atomic E-state index is -1.18. The second kappa shape index (κ2) is 17.6. The molecule has 1 saturated carbocycles. The van der Waals surface area contributed by atoms with Crippen LogP contribution in [0, 0.1) is 24.6 Å². The van der Waals surface area contributed by atoms with E-state index in [9.17, 15) is 24.0 Å². The van der Waals surface area contributed by atoms with Gasteiger partial charge in [0.1, 0.15) is 41.2 Å². The Hall–Kier alpha value is -6.04. The maximum absolute atomic E-state index is 16.0. The first-order chi connectivity index (χ1) is 26.9. The molecule has 1 aromatic heterocycles. The predicted molar refractivity (Wildman–Crippen MR) is 215 cm³/mol. The van der Waals surface area contributed by atoms with Gasteiger partial charge in [0.2, 0.25) is 0 Å². The summed E-state index contributed by atoms with van der Waals surface area (Å²) in [7, 11) is 0. The van der Waals surface area contributed by atoms with Crippen molar-refractivity contribution < 1.29 is 47.3 Å². The van der Waals surface area contributed by atoms with Crippen LogP contribution in [0.1, 0.15) is 116 Å². The highest BCUT2D eigenvalue weighted by Crippen LogP contribution is 2.42. The normalized spacial score (nSPS) is 13.3. The Labute approximate surface area is 338 Å². The average Bonchev–Trinajstić information content (AvgIpc) is 3.93. The number of benzene rings is 2. The van der Waals surface area contributed by atoms with Crippen LogP contribution in [0.3, 0.4) is 0 Å². The van der Waals surface area contributed by atoms with Gasteiger partial charge in [-0.15, -0.1) is 0 Å². The second-order valence-electron chi connectivity index (χ2n) is 16.8. The molecule has 2 aromatic carbocycles. The number of ether oxygens (including phenoxy) is 4. The van der Waals surface area contributed by atoms with Crippen molar-refractivity contribution in [1.82, 2.24) is 15.3 Å². The summed E-state index contributed by atoms with van der Waals surface area (Å²) in [6.45, 7) is 18.8. The van der Waals surface area contributed by atoms with E-state index in [1.54, 1.807) is 81.4 Å². The summed E-state index contributed by atoms with van der Waals surface area (Å²) in [5.74, 6) is 2.27. The van der Waals surface area contributed by atoms with E-state index in [0.717, 1.165) is 41.8 Å². The highest BCUT2D eigenvalue weighted by atomic mass is 19.1. The Morgan fingerprint density at radius 1 is 0.845 bits per heavy atom. The van der Waals surface area contributed by atoms with Gasteiger partial charge in [-0.05, 0) is 143 Å². The number of carbonyl (C=O) groups excluding carboxylic acids is 5. The van der Waals surface area contributed by atoms with E-state index >= 15 is 4.39 Å². The summed E-state index contributed by atoms with van der Waals surface area (Å²) in [5, 5.41) is 2.65. The SMILES string of the molecule is CC#CC(=O)N[C@@H](C)COc1c(-c2cc(F)cc(N(C(=O)OC(C)(C)C)C(=O)c3ccc(C4CC4)cc3)c2C)ncnc1N(C(=O)OC(C)(C)C)C(=O)OC(C)(C)C. The zero-order valence-electron chi connectivity index (χ0n) is 35.2. The molecule has 15 heteroatoms. The summed E-state index contributed by atoms with van der Waals surface area (Å²) < 4.78 is 39.1. The van der Waals surface area contributed by atoms with Crippen LogP contribution in [0.15, 0.2) is 42.7 Å². The van der Waals surface area contributed by atoms with E-state index in [0.29, 0.717) is 10.8 Å². The molecule has 1 heterocycles. The van der Waals surface area contributed by atoms with Crippen molar-refractivity contribution in [2.24, 2.45) is 0 Å². The Bertz CT molecular complexity index is 2090. The number of anilines is 2. The summed E-state index contributed by atoms with van der Waals surface area (Å²) in [6, 6.07) is 8.27. The number of rotatable bonds is 9. The van der Waals surface area contributed by atoms with Crippen LogP contribution in [-0.2, 0) is 19.0 Å². The quantitative estimate of drug-likeness (QED) is 0.163. The van der Waals surface area contributed by atoms with Gasteiger partial charge >= 0.3 is 18.3 Å². The monoisotopic (exact) mass is 801 g/mol. The fourth-order valence-electron chi connectivity index (χ4n) is 5.52. The smallest absolute Gasteiger partial charge is 0.425 e. The van der Waals surface area contributed by atoms with E-state index in [-0.39, 0.29) is 40.4 Å². The molecule has 1 fully saturated rings. The maximum atomic E-state index is 16.0. The fraction of sp³-hybridized carbons (Fsp3) is 0.465. The first-order valence-electron chi connectivity index (χ1n) is 18.8. The summed E-state index contributed by atoms with van der Waals surface area (Å²) in [4.78, 5) is 78.1. The van der Waals surface area contributed by atoms with Crippen LogP contribution in [0.25, 0.3) is 11.3 Å². The summed E-state index contributed by atoms with van der Waals surface area (Å²) >= 11 is 0. The Balaban J connectivity index is 1.97. The molecule has 5 amide bonds. The Morgan fingerprint density at radius 3 is 1.88 bits per heavy atom. The third-order valence-corrected chi connectivity index (χ3v) is 8.07. The molecule has 58 heavy (non-hydrogen) atoms. The van der Waals surface area contributed by atoms with Gasteiger partial charge in [0.15, 0.2) is 11.6 Å². The lowest BCUT2D eigenvalue weighted by molar-refractivity contribution is -0.116. The molecule has 0 saturated heterocycles. The van der Waals surface area contributed by atoms with Gasteiger partial charge in [-0.3, -0.25) is 9.59 Å². The van der Waals surface area contributed by atoms with Gasteiger partial charge in [-0.2, -0.15) is 4.90 Å². The van der Waals surface area contributed by atoms with Gasteiger partial charge in [-0.1, -0.05) is 18.1 Å². The van der Waals surface area contributed by atoms with Crippen molar-refractivity contribution in [3.63, 3.8) is 0 Å². The molecule has 3 aromatic rings. The van der Waals surface area contributed by atoms with Crippen LogP contribution < -0.4 is 19.9 Å². The number of nitrogens with zero attached hydrogens (tertiary/aromatic N) is 4. The molecule has 4 rings (SSSR count). The molecule has 1 aliphatic carbocycles. The van der Waals surface area contributed by atoms with Gasteiger partial charge in [0, 0.05) is 11.1 Å². The van der Waals surface area contributed by atoms with Crippen LogP contribution in [0.2, 0.25) is 0 Å². The Kier molecular flexibility index (Phi) is 13.6. The highest BCUT2D eigenvalue weighted by Gasteiger charge is 2.38. The number of nitrogens with one attached hydrogen (secondary N) is 1. The number of hydrogen-bond donors (Lipinski definition) is 1. The van der Waals surface area contributed by atoms with Crippen LogP contribution in [0.5, 0.6) is 5.75 Å². The number of amides is 5. The summed E-state index contributed by atoms with van der Waals surface area (Å²) in [6.07, 6.45) is -0.308. The lowest BCUT2D eigenvalue weighted by Crippen LogP contribution is -2.44. The van der Waals surface area contributed by atoms with Crippen molar-refractivity contribution >= 4 is 41.6 Å². The van der Waals surface area contributed by atoms with E-state index in [4.69, 9.17) is 18.9 Å². The lowest BCUT2D eigenvalue weighted by Gasteiger charge is -2.30. The molecular formula is C43H52FN5O9. The summed E-state index contributed by atoms with van der Waals surface area (Å²) in [5.41, 5.74) is -2.18. The molecule has 0 aliphatic heterocycles. The predicted octanol–water partition coefficient (Wildman–Crippen LogP) is 8.63. The van der Waals surface area contributed by atoms with Crippen LogP contribution >= 0.6 is 0 Å². The molecular weight excluding hydrogens is 749 g/mol. The van der Waals surface area contributed by atoms with Gasteiger partial charge < -0.3 is 24.3 Å². The topological polar surface area (TPSA) is 167 Å². The maximum Gasteiger partial charge on any atom is 0.425 e. The molecule has 0 radical (unpaired) electrons. The minimum absolute atomic E-state index is 0.0130.